The number of unbranched alkanes of at least 4 members (excludes halogenated alkanes) is 1. The van der Waals surface area contributed by atoms with E-state index >= 15 is 0 Å². The van der Waals surface area contributed by atoms with Crippen molar-refractivity contribution in [2.75, 3.05) is 32.7 Å². The molecule has 0 unspecified atom stereocenters. The Hall–Kier alpha value is -6.81. The lowest BCUT2D eigenvalue weighted by atomic mass is 10.0. The molecule has 0 saturated carbocycles. The molecule has 22 heteroatoms. The molecule has 22 nitrogen and oxygen atoms in total. The highest BCUT2D eigenvalue weighted by Gasteiger charge is 2.27. The van der Waals surface area contributed by atoms with Gasteiger partial charge in [-0.1, -0.05) is 38.1 Å². The summed E-state index contributed by atoms with van der Waals surface area (Å²) < 4.78 is 0. The SMILES string of the molecule is CC(C)[C@H](N)C(=O)NCC(=O)NCC(=O)N[C@@H](Cc1ccc(O)cc1)C(=O)NCC(=O)N[C@@H](Cc1ccc(O)cc1)C(=O)NCC(=O)N[C@@H](C)C(=O)N[C@@H](CCCCN)C(=O)O. The highest BCUT2D eigenvalue weighted by atomic mass is 16.4. The number of hydrogen-bond acceptors (Lipinski definition) is 13. The van der Waals surface area contributed by atoms with Crippen LogP contribution in [0.15, 0.2) is 48.5 Å². The van der Waals surface area contributed by atoms with Crippen LogP contribution < -0.4 is 54.0 Å². The Morgan fingerprint density at radius 1 is 0.532 bits per heavy atom. The molecule has 0 aliphatic carbocycles. The Morgan fingerprint density at radius 2 is 0.952 bits per heavy atom. The fourth-order valence-corrected chi connectivity index (χ4v) is 5.46. The highest BCUT2D eigenvalue weighted by molar-refractivity contribution is 5.95. The van der Waals surface area contributed by atoms with Crippen molar-refractivity contribution >= 4 is 53.2 Å². The van der Waals surface area contributed by atoms with E-state index in [1.165, 1.54) is 55.5 Å². The van der Waals surface area contributed by atoms with Gasteiger partial charge in [-0.25, -0.2) is 4.79 Å². The standard InChI is InChI=1S/C40H58N10O12/c1-22(2)35(42)39(60)46-18-31(53)43-19-33(55)48-29(16-24-7-11-26(51)12-8-24)38(59)45-21-34(56)49-30(17-25-9-13-27(52)14-10-25)37(58)44-20-32(54)47-23(3)36(57)50-28(40(61)62)6-4-5-15-41/h7-14,22-23,28-30,35,51-52H,4-6,15-21,41-42H2,1-3H3,(H,43,53)(H,44,58)(H,45,59)(H,46,60)(H,47,54)(H,48,55)(H,49,56)(H,50,57)(H,61,62)/t23-,28-,29-,30-,35-/m0/s1. The number of amides is 8. The summed E-state index contributed by atoms with van der Waals surface area (Å²) in [6.07, 6.45) is 0.897. The van der Waals surface area contributed by atoms with Crippen molar-refractivity contribution in [3.63, 3.8) is 0 Å². The zero-order valence-electron chi connectivity index (χ0n) is 34.8. The minimum atomic E-state index is -1.33. The smallest absolute Gasteiger partial charge is 0.326 e. The molecule has 0 heterocycles. The maximum absolute atomic E-state index is 13.4. The molecule has 0 saturated heterocycles. The second kappa shape index (κ2) is 26.4. The zero-order chi connectivity index (χ0) is 46.4. The molecule has 2 aromatic carbocycles. The predicted octanol–water partition coefficient (Wildman–Crippen LogP) is -3.50. The summed E-state index contributed by atoms with van der Waals surface area (Å²) in [4.78, 5) is 114. The van der Waals surface area contributed by atoms with E-state index in [-0.39, 0.29) is 36.7 Å². The van der Waals surface area contributed by atoms with Crippen LogP contribution in [0.3, 0.4) is 0 Å². The quantitative estimate of drug-likeness (QED) is 0.0409. The topological polar surface area (TPSA) is 363 Å². The monoisotopic (exact) mass is 870 g/mol. The number of phenolic OH excluding ortho intramolecular Hbond substituents is 2. The van der Waals surface area contributed by atoms with Gasteiger partial charge in [-0.2, -0.15) is 0 Å². The van der Waals surface area contributed by atoms with E-state index in [2.05, 4.69) is 42.5 Å². The molecule has 340 valence electrons. The van der Waals surface area contributed by atoms with Crippen molar-refractivity contribution < 1.29 is 58.5 Å². The van der Waals surface area contributed by atoms with Crippen LogP contribution in [0.1, 0.15) is 51.2 Å². The summed E-state index contributed by atoms with van der Waals surface area (Å²) in [5, 5.41) is 48.0. The number of carboxylic acids is 1. The lowest BCUT2D eigenvalue weighted by Gasteiger charge is -2.21. The van der Waals surface area contributed by atoms with Crippen molar-refractivity contribution in [2.45, 2.75) is 83.1 Å². The molecule has 0 bridgehead atoms. The maximum Gasteiger partial charge on any atom is 0.326 e. The van der Waals surface area contributed by atoms with E-state index in [0.29, 0.717) is 30.5 Å². The number of nitrogens with two attached hydrogens (primary N) is 2. The van der Waals surface area contributed by atoms with Crippen molar-refractivity contribution in [1.82, 2.24) is 42.5 Å². The first-order chi connectivity index (χ1) is 29.3. The largest absolute Gasteiger partial charge is 0.508 e. The Bertz CT molecular complexity index is 1860. The lowest BCUT2D eigenvalue weighted by Crippen LogP contribution is -2.55. The third-order valence-corrected chi connectivity index (χ3v) is 9.12. The predicted molar refractivity (Wildman–Crippen MR) is 222 cm³/mol. The Morgan fingerprint density at radius 3 is 1.39 bits per heavy atom. The second-order valence-electron chi connectivity index (χ2n) is 14.7. The van der Waals surface area contributed by atoms with E-state index in [1.807, 2.05) is 0 Å². The molecule has 0 radical (unpaired) electrons. The third kappa shape index (κ3) is 19.5. The molecular formula is C40H58N10O12. The van der Waals surface area contributed by atoms with Crippen LogP contribution in [-0.4, -0.2) is 131 Å². The first kappa shape index (κ1) is 51.3. The van der Waals surface area contributed by atoms with Gasteiger partial charge in [0.2, 0.25) is 47.3 Å². The molecule has 0 fully saturated rings. The van der Waals surface area contributed by atoms with Crippen LogP contribution in [-0.2, 0) is 56.0 Å². The van der Waals surface area contributed by atoms with Crippen molar-refractivity contribution in [3.05, 3.63) is 59.7 Å². The fraction of sp³-hybridized carbons (Fsp3) is 0.475. The second-order valence-corrected chi connectivity index (χ2v) is 14.7. The van der Waals surface area contributed by atoms with Gasteiger partial charge in [-0.15, -0.1) is 0 Å². The van der Waals surface area contributed by atoms with Crippen LogP contribution in [0.4, 0.5) is 0 Å². The first-order valence-electron chi connectivity index (χ1n) is 19.8. The molecule has 15 N–H and O–H groups in total. The summed E-state index contributed by atoms with van der Waals surface area (Å²) in [5.74, 6) is -7.70. The van der Waals surface area contributed by atoms with Crippen molar-refractivity contribution in [2.24, 2.45) is 17.4 Å². The number of aromatic hydroxyl groups is 2. The normalized spacial score (nSPS) is 13.2. The zero-order valence-corrected chi connectivity index (χ0v) is 34.8. The number of nitrogens with one attached hydrogen (secondary N) is 8. The van der Waals surface area contributed by atoms with Gasteiger partial charge in [-0.05, 0) is 74.0 Å². The van der Waals surface area contributed by atoms with E-state index in [4.69, 9.17) is 11.5 Å². The van der Waals surface area contributed by atoms with Crippen LogP contribution in [0.2, 0.25) is 0 Å². The minimum Gasteiger partial charge on any atom is -0.508 e. The summed E-state index contributed by atoms with van der Waals surface area (Å²) in [6, 6.07) is 5.59. The van der Waals surface area contributed by atoms with E-state index in [9.17, 15) is 58.5 Å². The van der Waals surface area contributed by atoms with Gasteiger partial charge in [0.1, 0.15) is 35.7 Å². The molecule has 62 heavy (non-hydrogen) atoms. The third-order valence-electron chi connectivity index (χ3n) is 9.12. The van der Waals surface area contributed by atoms with Gasteiger partial charge in [-0.3, -0.25) is 38.4 Å². The number of carbonyl (C=O) groups excluding carboxylic acids is 8. The summed E-state index contributed by atoms with van der Waals surface area (Å²) >= 11 is 0. The molecule has 0 aromatic heterocycles. The van der Waals surface area contributed by atoms with Gasteiger partial charge in [0.05, 0.1) is 32.2 Å². The Balaban J connectivity index is 2.06. The van der Waals surface area contributed by atoms with Crippen LogP contribution in [0.25, 0.3) is 0 Å². The number of rotatable bonds is 26. The number of carboxylic acid groups (broad SMARTS) is 1. The average Bonchev–Trinajstić information content (AvgIpc) is 3.23. The fourth-order valence-electron chi connectivity index (χ4n) is 5.46. The Labute approximate surface area is 358 Å². The molecule has 5 atom stereocenters. The van der Waals surface area contributed by atoms with Crippen LogP contribution in [0.5, 0.6) is 11.5 Å². The van der Waals surface area contributed by atoms with Crippen LogP contribution in [0, 0.1) is 5.92 Å². The van der Waals surface area contributed by atoms with Gasteiger partial charge in [0, 0.05) is 12.8 Å². The summed E-state index contributed by atoms with van der Waals surface area (Å²) in [6.45, 7) is 2.77. The van der Waals surface area contributed by atoms with E-state index in [0.717, 1.165) is 0 Å². The van der Waals surface area contributed by atoms with Crippen molar-refractivity contribution in [1.29, 1.82) is 0 Å². The number of benzene rings is 2. The Kier molecular flexibility index (Phi) is 21.9. The number of phenols is 2. The molecule has 0 aliphatic rings. The molecule has 2 aromatic rings. The molecule has 0 spiro atoms. The van der Waals surface area contributed by atoms with Gasteiger partial charge >= 0.3 is 5.97 Å². The molecule has 0 aliphatic heterocycles. The van der Waals surface area contributed by atoms with Gasteiger partial charge in [0.15, 0.2) is 0 Å². The summed E-state index contributed by atoms with van der Waals surface area (Å²) in [7, 11) is 0. The molecular weight excluding hydrogens is 812 g/mol. The average molecular weight is 871 g/mol. The van der Waals surface area contributed by atoms with E-state index in [1.54, 1.807) is 13.8 Å². The number of carbonyl (C=O) groups is 9. The van der Waals surface area contributed by atoms with Gasteiger partial charge < -0.3 is 69.3 Å². The lowest BCUT2D eigenvalue weighted by molar-refractivity contribution is -0.142. The summed E-state index contributed by atoms with van der Waals surface area (Å²) in [5.41, 5.74) is 12.2. The highest BCUT2D eigenvalue weighted by Crippen LogP contribution is 2.13. The van der Waals surface area contributed by atoms with Gasteiger partial charge in [0.25, 0.3) is 0 Å². The maximum atomic E-state index is 13.4. The molecule has 2 rings (SSSR count). The number of aliphatic carboxylic acids is 1. The first-order valence-corrected chi connectivity index (χ1v) is 19.8. The molecule has 8 amide bonds. The van der Waals surface area contributed by atoms with Crippen LogP contribution >= 0.6 is 0 Å². The van der Waals surface area contributed by atoms with Crippen molar-refractivity contribution in [3.8, 4) is 11.5 Å². The minimum absolute atomic E-state index is 0.0518. The number of hydrogen-bond donors (Lipinski definition) is 13. The van der Waals surface area contributed by atoms with E-state index < -0.39 is 110 Å².